The molecule has 0 fully saturated rings. The molecule has 2 nitrogen and oxygen atoms in total. The van der Waals surface area contributed by atoms with Crippen LogP contribution in [0.15, 0.2) is 0 Å². The molecule has 1 unspecified atom stereocenters. The monoisotopic (exact) mass is 154 g/mol. The summed E-state index contributed by atoms with van der Waals surface area (Å²) in [6.45, 7) is 1.39. The topological polar surface area (TPSA) is 40.5 Å². The molecular formula is C3H8K2O2. The Morgan fingerprint density at radius 1 is 1.43 bits per heavy atom. The Morgan fingerprint density at radius 2 is 1.57 bits per heavy atom. The fourth-order valence-electron chi connectivity index (χ4n) is 0. The zero-order valence-corrected chi connectivity index (χ0v) is 11.4. The van der Waals surface area contributed by atoms with Crippen LogP contribution < -0.4 is 0 Å². The Hall–Kier alpha value is 3.19. The van der Waals surface area contributed by atoms with Gasteiger partial charge in [-0.05, 0) is 6.92 Å². The van der Waals surface area contributed by atoms with Gasteiger partial charge in [0.05, 0.1) is 12.7 Å². The van der Waals surface area contributed by atoms with E-state index in [1.54, 1.807) is 0 Å². The van der Waals surface area contributed by atoms with Gasteiger partial charge in [-0.15, -0.1) is 0 Å². The third kappa shape index (κ3) is 17.6. The van der Waals surface area contributed by atoms with E-state index in [2.05, 4.69) is 0 Å². The van der Waals surface area contributed by atoms with Crippen molar-refractivity contribution in [3.05, 3.63) is 0 Å². The first-order chi connectivity index (χ1) is 2.27. The third-order valence-corrected chi connectivity index (χ3v) is 0.264. The van der Waals surface area contributed by atoms with E-state index in [1.807, 2.05) is 0 Å². The van der Waals surface area contributed by atoms with Crippen molar-refractivity contribution in [2.45, 2.75) is 13.0 Å². The van der Waals surface area contributed by atoms with E-state index >= 15 is 0 Å². The van der Waals surface area contributed by atoms with Gasteiger partial charge in [-0.3, -0.25) is 0 Å². The molecule has 0 amide bonds. The summed E-state index contributed by atoms with van der Waals surface area (Å²) in [4.78, 5) is 0. The van der Waals surface area contributed by atoms with Crippen LogP contribution in [0.4, 0.5) is 0 Å². The first kappa shape index (κ1) is 16.6. The first-order valence-corrected chi connectivity index (χ1v) is 1.56. The second-order valence-electron chi connectivity index (χ2n) is 1.03. The second kappa shape index (κ2) is 11.9. The molecule has 0 heterocycles. The van der Waals surface area contributed by atoms with Crippen LogP contribution >= 0.6 is 0 Å². The van der Waals surface area contributed by atoms with E-state index < -0.39 is 6.10 Å². The van der Waals surface area contributed by atoms with E-state index in [0.29, 0.717) is 0 Å². The molecule has 0 aromatic rings. The molecule has 0 spiro atoms. The fourth-order valence-corrected chi connectivity index (χ4v) is 0. The maximum atomic E-state index is 8.11. The summed E-state index contributed by atoms with van der Waals surface area (Å²) in [5.41, 5.74) is 0. The van der Waals surface area contributed by atoms with Crippen molar-refractivity contribution in [3.63, 3.8) is 0 Å². The molecule has 0 aliphatic rings. The molecule has 0 aromatic carbocycles. The summed E-state index contributed by atoms with van der Waals surface area (Å²) in [5.74, 6) is 0. The number of aliphatic hydroxyl groups excluding tert-OH is 2. The molecule has 0 aliphatic heterocycles. The Labute approximate surface area is 129 Å². The minimum Gasteiger partial charge on any atom is -0.394 e. The van der Waals surface area contributed by atoms with Crippen LogP contribution in [0, 0.1) is 0 Å². The van der Waals surface area contributed by atoms with Crippen molar-refractivity contribution in [1.29, 1.82) is 0 Å². The van der Waals surface area contributed by atoms with E-state index in [0.717, 1.165) is 0 Å². The quantitative estimate of drug-likeness (QED) is 0.456. The zero-order valence-electron chi connectivity index (χ0n) is 5.18. The maximum Gasteiger partial charge on any atom is 0.0742 e. The Kier molecular flexibility index (Phi) is 28.4. The third-order valence-electron chi connectivity index (χ3n) is 0.264. The Bertz CT molecular complexity index is 24.9. The van der Waals surface area contributed by atoms with Gasteiger partial charge >= 0.3 is 0 Å². The molecule has 0 bridgehead atoms. The molecule has 34 valence electrons. The molecule has 0 saturated carbocycles. The van der Waals surface area contributed by atoms with Crippen LogP contribution in [-0.2, 0) is 0 Å². The van der Waals surface area contributed by atoms with Crippen molar-refractivity contribution < 1.29 is 10.2 Å². The van der Waals surface area contributed by atoms with Gasteiger partial charge in [-0.2, -0.15) is 0 Å². The SMILES string of the molecule is CC(O)CO.[K].[K]. The average Bonchev–Trinajstić information content (AvgIpc) is 1.38. The number of rotatable bonds is 1. The van der Waals surface area contributed by atoms with E-state index in [-0.39, 0.29) is 109 Å². The molecule has 1 atom stereocenters. The first-order valence-electron chi connectivity index (χ1n) is 1.56. The normalized spacial score (nSPS) is 10.7. The number of hydrogen-bond donors (Lipinski definition) is 2. The number of aliphatic hydroxyl groups is 2. The van der Waals surface area contributed by atoms with Crippen LogP contribution in [0.1, 0.15) is 6.92 Å². The summed E-state index contributed by atoms with van der Waals surface area (Å²) in [6.07, 6.45) is -0.560. The summed E-state index contributed by atoms with van der Waals surface area (Å²) in [7, 11) is 0. The van der Waals surface area contributed by atoms with E-state index in [1.165, 1.54) is 6.92 Å². The molecule has 0 aromatic heterocycles. The van der Waals surface area contributed by atoms with Crippen molar-refractivity contribution in [2.75, 3.05) is 6.61 Å². The predicted molar refractivity (Wildman–Crippen MR) is 30.3 cm³/mol. The minimum absolute atomic E-state index is 0. The van der Waals surface area contributed by atoms with Gasteiger partial charge in [-0.25, -0.2) is 0 Å². The van der Waals surface area contributed by atoms with Crippen molar-refractivity contribution in [3.8, 4) is 0 Å². The molecule has 0 saturated heterocycles. The molecule has 4 heteroatoms. The number of hydrogen-bond acceptors (Lipinski definition) is 2. The van der Waals surface area contributed by atoms with Crippen molar-refractivity contribution in [1.82, 2.24) is 0 Å². The van der Waals surface area contributed by atoms with Crippen LogP contribution in [-0.4, -0.2) is 126 Å². The van der Waals surface area contributed by atoms with Crippen LogP contribution in [0.5, 0.6) is 0 Å². The van der Waals surface area contributed by atoms with Crippen LogP contribution in [0.2, 0.25) is 0 Å². The maximum absolute atomic E-state index is 8.11. The smallest absolute Gasteiger partial charge is 0.0742 e. The van der Waals surface area contributed by atoms with Crippen molar-refractivity contribution >= 4 is 103 Å². The van der Waals surface area contributed by atoms with Crippen molar-refractivity contribution in [2.24, 2.45) is 0 Å². The van der Waals surface area contributed by atoms with Gasteiger partial charge in [0, 0.05) is 103 Å². The van der Waals surface area contributed by atoms with E-state index in [9.17, 15) is 0 Å². The molecule has 7 heavy (non-hydrogen) atoms. The molecule has 2 radical (unpaired) electrons. The summed E-state index contributed by atoms with van der Waals surface area (Å²) >= 11 is 0. The largest absolute Gasteiger partial charge is 0.394 e. The van der Waals surface area contributed by atoms with Gasteiger partial charge in [0.2, 0.25) is 0 Å². The molecular weight excluding hydrogens is 146 g/mol. The average molecular weight is 154 g/mol. The predicted octanol–water partition coefficient (Wildman–Crippen LogP) is -1.40. The van der Waals surface area contributed by atoms with Crippen LogP contribution in [0.3, 0.4) is 0 Å². The van der Waals surface area contributed by atoms with Gasteiger partial charge in [0.15, 0.2) is 0 Å². The standard InChI is InChI=1S/C3H8O2.2K/c1-3(5)2-4;;/h3-5H,2H2,1H3;;. The summed E-state index contributed by atoms with van der Waals surface area (Å²) in [6, 6.07) is 0. The molecule has 2 N–H and O–H groups in total. The zero-order chi connectivity index (χ0) is 4.28. The van der Waals surface area contributed by atoms with Gasteiger partial charge in [0.25, 0.3) is 0 Å². The van der Waals surface area contributed by atoms with E-state index in [4.69, 9.17) is 10.2 Å². The van der Waals surface area contributed by atoms with Gasteiger partial charge in [-0.1, -0.05) is 0 Å². The fraction of sp³-hybridized carbons (Fsp3) is 1.00. The van der Waals surface area contributed by atoms with Gasteiger partial charge in [0.1, 0.15) is 0 Å². The Morgan fingerprint density at radius 3 is 1.57 bits per heavy atom. The molecule has 0 rings (SSSR count). The summed E-state index contributed by atoms with van der Waals surface area (Å²) < 4.78 is 0. The van der Waals surface area contributed by atoms with Gasteiger partial charge < -0.3 is 10.2 Å². The summed E-state index contributed by atoms with van der Waals surface area (Å²) in [5, 5.41) is 16.0. The minimum atomic E-state index is -0.560. The molecule has 0 aliphatic carbocycles. The Balaban J connectivity index is -0.0000000800. The second-order valence-corrected chi connectivity index (χ2v) is 1.03. The van der Waals surface area contributed by atoms with Crippen LogP contribution in [0.25, 0.3) is 0 Å².